The number of nitrogens with one attached hydrogen (secondary N) is 2. The number of rotatable bonds is 10. The van der Waals surface area contributed by atoms with Crippen LogP contribution in [0.1, 0.15) is 62.4 Å². The van der Waals surface area contributed by atoms with Gasteiger partial charge in [0.15, 0.2) is 0 Å². The number of carbonyl (C=O) groups excluding carboxylic acids is 2. The predicted octanol–water partition coefficient (Wildman–Crippen LogP) is 5.09. The summed E-state index contributed by atoms with van der Waals surface area (Å²) in [5.41, 5.74) is 1.97. The van der Waals surface area contributed by atoms with Crippen molar-refractivity contribution in [2.45, 2.75) is 58.4 Å². The maximum atomic E-state index is 12.5. The number of amides is 2. The van der Waals surface area contributed by atoms with Crippen LogP contribution in [-0.4, -0.2) is 18.4 Å². The van der Waals surface area contributed by atoms with Gasteiger partial charge in [0.05, 0.1) is 12.6 Å². The van der Waals surface area contributed by atoms with Crippen molar-refractivity contribution in [1.29, 1.82) is 0 Å². The Balaban J connectivity index is 1.46. The molecule has 2 heterocycles. The minimum atomic E-state index is 0.0615. The number of ether oxygens (including phenoxy) is 1. The van der Waals surface area contributed by atoms with Crippen molar-refractivity contribution >= 4 is 28.8 Å². The summed E-state index contributed by atoms with van der Waals surface area (Å²) in [6.45, 7) is 4.85. The number of aryl methyl sites for hydroxylation is 1. The summed E-state index contributed by atoms with van der Waals surface area (Å²) in [6.07, 6.45) is 4.45. The maximum absolute atomic E-state index is 12.5. The SMILES string of the molecule is CCC(CC)C(NC(=O)CCCOc1ccc2c(c1)CCC(=O)N2)c1cccs1. The van der Waals surface area contributed by atoms with Crippen molar-refractivity contribution in [2.24, 2.45) is 5.92 Å². The molecule has 0 saturated carbocycles. The van der Waals surface area contributed by atoms with Crippen LogP contribution in [-0.2, 0) is 16.0 Å². The third-order valence-corrected chi connectivity index (χ3v) is 6.43. The first-order valence-electron chi connectivity index (χ1n) is 10.5. The van der Waals surface area contributed by atoms with Crippen LogP contribution < -0.4 is 15.4 Å². The molecule has 3 rings (SSSR count). The van der Waals surface area contributed by atoms with E-state index >= 15 is 0 Å². The molecule has 1 aromatic carbocycles. The molecule has 6 heteroatoms. The second-order valence-electron chi connectivity index (χ2n) is 7.46. The normalized spacial score (nSPS) is 14.2. The van der Waals surface area contributed by atoms with Crippen LogP contribution in [0, 0.1) is 5.92 Å². The molecule has 0 saturated heterocycles. The zero-order valence-electron chi connectivity index (χ0n) is 17.2. The molecule has 1 aliphatic heterocycles. The van der Waals surface area contributed by atoms with Gasteiger partial charge >= 0.3 is 0 Å². The first kappa shape index (κ1) is 21.4. The third kappa shape index (κ3) is 5.82. The number of anilines is 1. The van der Waals surface area contributed by atoms with Crippen molar-refractivity contribution in [1.82, 2.24) is 5.32 Å². The highest BCUT2D eigenvalue weighted by Crippen LogP contribution is 2.30. The summed E-state index contributed by atoms with van der Waals surface area (Å²) in [7, 11) is 0. The molecule has 0 fully saturated rings. The Labute approximate surface area is 176 Å². The van der Waals surface area contributed by atoms with Crippen LogP contribution in [0.3, 0.4) is 0 Å². The van der Waals surface area contributed by atoms with E-state index in [2.05, 4.69) is 35.9 Å². The molecule has 5 nitrogen and oxygen atoms in total. The van der Waals surface area contributed by atoms with Gasteiger partial charge in [0, 0.05) is 23.4 Å². The Hall–Kier alpha value is -2.34. The molecule has 156 valence electrons. The summed E-state index contributed by atoms with van der Waals surface area (Å²) >= 11 is 1.70. The molecule has 2 aromatic rings. The number of benzene rings is 1. The lowest BCUT2D eigenvalue weighted by Gasteiger charge is -2.25. The van der Waals surface area contributed by atoms with Gasteiger partial charge in [0.2, 0.25) is 11.8 Å². The first-order chi connectivity index (χ1) is 14.1. The summed E-state index contributed by atoms with van der Waals surface area (Å²) < 4.78 is 5.83. The van der Waals surface area contributed by atoms with Gasteiger partial charge in [-0.15, -0.1) is 11.3 Å². The fraction of sp³-hybridized carbons (Fsp3) is 0.478. The van der Waals surface area contributed by atoms with Crippen molar-refractivity contribution in [3.8, 4) is 5.75 Å². The van der Waals surface area contributed by atoms with E-state index in [0.717, 1.165) is 36.3 Å². The second-order valence-corrected chi connectivity index (χ2v) is 8.44. The molecule has 1 aromatic heterocycles. The smallest absolute Gasteiger partial charge is 0.224 e. The number of carbonyl (C=O) groups is 2. The maximum Gasteiger partial charge on any atom is 0.224 e. The third-order valence-electron chi connectivity index (χ3n) is 5.48. The minimum absolute atomic E-state index is 0.0615. The Morgan fingerprint density at radius 2 is 2.07 bits per heavy atom. The fourth-order valence-electron chi connectivity index (χ4n) is 3.77. The highest BCUT2D eigenvalue weighted by molar-refractivity contribution is 7.10. The van der Waals surface area contributed by atoms with Crippen LogP contribution in [0.15, 0.2) is 35.7 Å². The average Bonchev–Trinajstić information content (AvgIpc) is 3.26. The molecule has 2 amide bonds. The molecule has 0 aliphatic carbocycles. The van der Waals surface area contributed by atoms with E-state index in [1.807, 2.05) is 24.3 Å². The van der Waals surface area contributed by atoms with E-state index in [9.17, 15) is 9.59 Å². The van der Waals surface area contributed by atoms with E-state index in [0.29, 0.717) is 31.8 Å². The van der Waals surface area contributed by atoms with Crippen molar-refractivity contribution in [3.05, 3.63) is 46.2 Å². The molecule has 1 unspecified atom stereocenters. The van der Waals surface area contributed by atoms with Crippen molar-refractivity contribution in [3.63, 3.8) is 0 Å². The summed E-state index contributed by atoms with van der Waals surface area (Å²) in [6, 6.07) is 9.97. The Morgan fingerprint density at radius 3 is 2.79 bits per heavy atom. The first-order valence-corrected chi connectivity index (χ1v) is 11.4. The zero-order chi connectivity index (χ0) is 20.6. The lowest BCUT2D eigenvalue weighted by atomic mass is 9.93. The van der Waals surface area contributed by atoms with Gasteiger partial charge < -0.3 is 15.4 Å². The monoisotopic (exact) mass is 414 g/mol. The van der Waals surface area contributed by atoms with E-state index in [4.69, 9.17) is 4.74 Å². The molecule has 29 heavy (non-hydrogen) atoms. The quantitative estimate of drug-likeness (QED) is 0.533. The molecule has 1 aliphatic rings. The number of hydrogen-bond donors (Lipinski definition) is 2. The van der Waals surface area contributed by atoms with Gasteiger partial charge in [-0.25, -0.2) is 0 Å². The fourth-order valence-corrected chi connectivity index (χ4v) is 4.64. The molecule has 1 atom stereocenters. The van der Waals surface area contributed by atoms with Gasteiger partial charge in [-0.1, -0.05) is 32.8 Å². The van der Waals surface area contributed by atoms with E-state index in [1.165, 1.54) is 4.88 Å². The Kier molecular flexibility index (Phi) is 7.69. The van der Waals surface area contributed by atoms with Crippen molar-refractivity contribution < 1.29 is 14.3 Å². The van der Waals surface area contributed by atoms with Crippen LogP contribution in [0.4, 0.5) is 5.69 Å². The topological polar surface area (TPSA) is 67.4 Å². The predicted molar refractivity (Wildman–Crippen MR) is 117 cm³/mol. The van der Waals surface area contributed by atoms with Gasteiger partial charge in [0.25, 0.3) is 0 Å². The lowest BCUT2D eigenvalue weighted by molar-refractivity contribution is -0.122. The summed E-state index contributed by atoms with van der Waals surface area (Å²) in [5, 5.41) is 8.18. The van der Waals surface area contributed by atoms with Crippen LogP contribution in [0.25, 0.3) is 0 Å². The molecular formula is C23H30N2O3S. The van der Waals surface area contributed by atoms with Crippen LogP contribution in [0.2, 0.25) is 0 Å². The largest absolute Gasteiger partial charge is 0.494 e. The second kappa shape index (κ2) is 10.4. The highest BCUT2D eigenvalue weighted by Gasteiger charge is 2.23. The van der Waals surface area contributed by atoms with E-state index < -0.39 is 0 Å². The number of thiophene rings is 1. The minimum Gasteiger partial charge on any atom is -0.494 e. The standard InChI is InChI=1S/C23H30N2O3S/c1-3-16(4-2)23(20-7-6-14-29-20)25-21(26)8-5-13-28-18-10-11-19-17(15-18)9-12-22(27)24-19/h6-7,10-11,14-16,23H,3-5,8-9,12-13H2,1-2H3,(H,24,27)(H,25,26). The number of hydrogen-bond acceptors (Lipinski definition) is 4. The Bertz CT molecular complexity index is 816. The van der Waals surface area contributed by atoms with Gasteiger partial charge in [-0.05, 0) is 54.0 Å². The molecule has 2 N–H and O–H groups in total. The van der Waals surface area contributed by atoms with Crippen LogP contribution >= 0.6 is 11.3 Å². The Morgan fingerprint density at radius 1 is 1.24 bits per heavy atom. The molecule has 0 radical (unpaired) electrons. The zero-order valence-corrected chi connectivity index (χ0v) is 18.0. The molecule has 0 bridgehead atoms. The van der Waals surface area contributed by atoms with Crippen molar-refractivity contribution in [2.75, 3.05) is 11.9 Å². The highest BCUT2D eigenvalue weighted by atomic mass is 32.1. The van der Waals surface area contributed by atoms with Gasteiger partial charge in [0.1, 0.15) is 5.75 Å². The van der Waals surface area contributed by atoms with E-state index in [-0.39, 0.29) is 17.9 Å². The summed E-state index contributed by atoms with van der Waals surface area (Å²) in [4.78, 5) is 25.2. The molecule has 0 spiro atoms. The van der Waals surface area contributed by atoms with Gasteiger partial charge in [-0.2, -0.15) is 0 Å². The average molecular weight is 415 g/mol. The lowest BCUT2D eigenvalue weighted by Crippen LogP contribution is -2.32. The number of fused-ring (bicyclic) bond motifs is 1. The van der Waals surface area contributed by atoms with Crippen LogP contribution in [0.5, 0.6) is 5.75 Å². The van der Waals surface area contributed by atoms with E-state index in [1.54, 1.807) is 11.3 Å². The van der Waals surface area contributed by atoms with Gasteiger partial charge in [-0.3, -0.25) is 9.59 Å². The molecular weight excluding hydrogens is 384 g/mol. The summed E-state index contributed by atoms with van der Waals surface area (Å²) in [5.74, 6) is 1.37.